The lowest BCUT2D eigenvalue weighted by atomic mass is 10.1. The molecule has 0 radical (unpaired) electrons. The fourth-order valence-corrected chi connectivity index (χ4v) is 8.25. The molecule has 1 unspecified atom stereocenters. The molecule has 0 saturated carbocycles. The van der Waals surface area contributed by atoms with Gasteiger partial charge in [0.05, 0.1) is 0 Å². The van der Waals surface area contributed by atoms with Gasteiger partial charge in [0.25, 0.3) is 0 Å². The van der Waals surface area contributed by atoms with Gasteiger partial charge in [0.2, 0.25) is 0 Å². The Hall–Kier alpha value is -3.15. The first kappa shape index (κ1) is 65.8. The zero-order chi connectivity index (χ0) is 50.0. The maximum absolute atomic E-state index is 12.9. The van der Waals surface area contributed by atoms with E-state index >= 15 is 0 Å². The molecule has 0 aliphatic rings. The van der Waals surface area contributed by atoms with E-state index in [1.165, 1.54) is 154 Å². The zero-order valence-corrected chi connectivity index (χ0v) is 45.6. The zero-order valence-electron chi connectivity index (χ0n) is 45.6. The lowest BCUT2D eigenvalue weighted by Crippen LogP contribution is -2.30. The number of allylic oxidation sites excluding steroid dienone is 12. The fraction of sp³-hybridized carbons (Fsp3) is 0.762. The summed E-state index contributed by atoms with van der Waals surface area (Å²) in [6.07, 6.45) is 73.2. The molecular weight excluding hydrogens is 853 g/mol. The minimum absolute atomic E-state index is 0.0909. The normalized spacial score (nSPS) is 12.6. The molecular formula is C63H110O6. The Morgan fingerprint density at radius 2 is 0.565 bits per heavy atom. The maximum Gasteiger partial charge on any atom is 0.306 e. The minimum atomic E-state index is -0.795. The summed E-state index contributed by atoms with van der Waals surface area (Å²) in [7, 11) is 0. The maximum atomic E-state index is 12.9. The van der Waals surface area contributed by atoms with E-state index in [4.69, 9.17) is 14.2 Å². The summed E-state index contributed by atoms with van der Waals surface area (Å²) >= 11 is 0. The van der Waals surface area contributed by atoms with E-state index in [1.54, 1.807) is 0 Å². The SMILES string of the molecule is CC/C=C\C/C=C\C/C=C\C/C=C\CCCCCC(=O)OCC(COC(=O)CCCCCCC/C=C\CCCCCCCCCCC)OC(=O)CCCCCCCCC/C=C\CCCCCCCC. The van der Waals surface area contributed by atoms with Crippen LogP contribution in [0.2, 0.25) is 0 Å². The Kier molecular flexibility index (Phi) is 54.8. The molecule has 0 aromatic heterocycles. The standard InChI is InChI=1S/C63H110O6/c1-4-7-10-13-16-19-22-25-28-31-33-35-38-41-44-47-50-53-56-62(65)68-59-60(58-67-61(64)55-52-49-46-43-40-37-34-30-27-24-21-18-15-12-9-6-3)69-63(66)57-54-51-48-45-42-39-36-32-29-26-23-20-17-14-11-8-5-2/h9,12,18,21,26-27,29-30,33,35,37,40,60H,4-8,10-11,13-17,19-20,22-25,28,31-32,34,36,38-39,41-59H2,1-3H3/b12-9-,21-18-,29-26-,30-27-,35-33-,40-37-. The average Bonchev–Trinajstić information content (AvgIpc) is 3.35. The second-order valence-electron chi connectivity index (χ2n) is 19.5. The molecule has 69 heavy (non-hydrogen) atoms. The van der Waals surface area contributed by atoms with Crippen LogP contribution < -0.4 is 0 Å². The Morgan fingerprint density at radius 1 is 0.304 bits per heavy atom. The predicted molar refractivity (Wildman–Crippen MR) is 298 cm³/mol. The highest BCUT2D eigenvalue weighted by atomic mass is 16.6. The fourth-order valence-electron chi connectivity index (χ4n) is 8.25. The highest BCUT2D eigenvalue weighted by Crippen LogP contribution is 2.15. The van der Waals surface area contributed by atoms with Crippen LogP contribution in [0.1, 0.15) is 290 Å². The Balaban J connectivity index is 4.43. The number of carbonyl (C=O) groups is 3. The average molecular weight is 964 g/mol. The molecule has 0 N–H and O–H groups in total. The summed E-state index contributed by atoms with van der Waals surface area (Å²) in [6.45, 7) is 6.51. The molecule has 1 atom stereocenters. The van der Waals surface area contributed by atoms with E-state index in [-0.39, 0.29) is 31.1 Å². The largest absolute Gasteiger partial charge is 0.462 e. The van der Waals surface area contributed by atoms with Crippen molar-refractivity contribution in [1.29, 1.82) is 0 Å². The van der Waals surface area contributed by atoms with E-state index in [1.807, 2.05) is 0 Å². The molecule has 0 rings (SSSR count). The number of hydrogen-bond donors (Lipinski definition) is 0. The molecule has 0 heterocycles. The third-order valence-electron chi connectivity index (χ3n) is 12.7. The molecule has 0 aliphatic carbocycles. The van der Waals surface area contributed by atoms with Gasteiger partial charge in [0.1, 0.15) is 13.2 Å². The van der Waals surface area contributed by atoms with Gasteiger partial charge in [-0.1, -0.05) is 235 Å². The highest BCUT2D eigenvalue weighted by Gasteiger charge is 2.19. The molecule has 0 saturated heterocycles. The Bertz CT molecular complexity index is 1290. The summed E-state index contributed by atoms with van der Waals surface area (Å²) < 4.78 is 16.9. The summed E-state index contributed by atoms with van der Waals surface area (Å²) in [5, 5.41) is 0. The van der Waals surface area contributed by atoms with Crippen molar-refractivity contribution >= 4 is 17.9 Å². The number of esters is 3. The van der Waals surface area contributed by atoms with Gasteiger partial charge in [-0.3, -0.25) is 14.4 Å². The molecule has 0 aromatic carbocycles. The van der Waals surface area contributed by atoms with E-state index in [2.05, 4.69) is 93.7 Å². The van der Waals surface area contributed by atoms with E-state index < -0.39 is 6.10 Å². The number of ether oxygens (including phenoxy) is 3. The van der Waals surface area contributed by atoms with Crippen molar-refractivity contribution in [1.82, 2.24) is 0 Å². The van der Waals surface area contributed by atoms with E-state index in [9.17, 15) is 14.4 Å². The molecule has 0 bridgehead atoms. The van der Waals surface area contributed by atoms with Gasteiger partial charge in [-0.25, -0.2) is 0 Å². The van der Waals surface area contributed by atoms with Gasteiger partial charge in [0, 0.05) is 19.3 Å². The van der Waals surface area contributed by atoms with Crippen molar-refractivity contribution < 1.29 is 28.6 Å². The quantitative estimate of drug-likeness (QED) is 0.0262. The number of unbranched alkanes of at least 4 members (excludes halogenated alkanes) is 30. The van der Waals surface area contributed by atoms with Crippen LogP contribution in [0.25, 0.3) is 0 Å². The number of hydrogen-bond acceptors (Lipinski definition) is 6. The molecule has 0 spiro atoms. The van der Waals surface area contributed by atoms with Gasteiger partial charge >= 0.3 is 17.9 Å². The van der Waals surface area contributed by atoms with Crippen LogP contribution in [0.4, 0.5) is 0 Å². The lowest BCUT2D eigenvalue weighted by molar-refractivity contribution is -0.167. The monoisotopic (exact) mass is 963 g/mol. The number of carbonyl (C=O) groups excluding carboxylic acids is 3. The van der Waals surface area contributed by atoms with Gasteiger partial charge in [-0.05, 0) is 109 Å². The molecule has 0 aromatic rings. The first-order valence-electron chi connectivity index (χ1n) is 29.4. The van der Waals surface area contributed by atoms with Crippen molar-refractivity contribution in [2.45, 2.75) is 297 Å². The first-order valence-corrected chi connectivity index (χ1v) is 29.4. The van der Waals surface area contributed by atoms with Crippen LogP contribution in [-0.2, 0) is 28.6 Å². The Labute approximate surface area is 427 Å². The van der Waals surface area contributed by atoms with Gasteiger partial charge in [-0.2, -0.15) is 0 Å². The van der Waals surface area contributed by atoms with Crippen LogP contribution >= 0.6 is 0 Å². The topological polar surface area (TPSA) is 78.9 Å². The van der Waals surface area contributed by atoms with Crippen LogP contribution in [0.15, 0.2) is 72.9 Å². The summed E-state index contributed by atoms with van der Waals surface area (Å²) in [6, 6.07) is 0. The molecule has 6 heteroatoms. The second-order valence-corrected chi connectivity index (χ2v) is 19.5. The van der Waals surface area contributed by atoms with Gasteiger partial charge in [0.15, 0.2) is 6.10 Å². The smallest absolute Gasteiger partial charge is 0.306 e. The first-order chi connectivity index (χ1) is 34.0. The van der Waals surface area contributed by atoms with Crippen LogP contribution in [0.3, 0.4) is 0 Å². The van der Waals surface area contributed by atoms with Crippen molar-refractivity contribution in [2.75, 3.05) is 13.2 Å². The summed E-state index contributed by atoms with van der Waals surface area (Å²) in [4.78, 5) is 38.2. The summed E-state index contributed by atoms with van der Waals surface area (Å²) in [5.74, 6) is -0.926. The second kappa shape index (κ2) is 57.4. The van der Waals surface area contributed by atoms with E-state index in [0.29, 0.717) is 19.3 Å². The molecule has 0 aliphatic heterocycles. The summed E-state index contributed by atoms with van der Waals surface area (Å²) in [5.41, 5.74) is 0. The van der Waals surface area contributed by atoms with Crippen molar-refractivity contribution in [3.63, 3.8) is 0 Å². The third kappa shape index (κ3) is 55.6. The van der Waals surface area contributed by atoms with Gasteiger partial charge in [-0.15, -0.1) is 0 Å². The highest BCUT2D eigenvalue weighted by molar-refractivity contribution is 5.71. The van der Waals surface area contributed by atoms with Gasteiger partial charge < -0.3 is 14.2 Å². The molecule has 6 nitrogen and oxygen atoms in total. The predicted octanol–water partition coefficient (Wildman–Crippen LogP) is 19.8. The van der Waals surface area contributed by atoms with Crippen molar-refractivity contribution in [3.8, 4) is 0 Å². The van der Waals surface area contributed by atoms with Crippen LogP contribution in [0, 0.1) is 0 Å². The number of rotatable bonds is 53. The minimum Gasteiger partial charge on any atom is -0.462 e. The van der Waals surface area contributed by atoms with Crippen molar-refractivity contribution in [2.24, 2.45) is 0 Å². The van der Waals surface area contributed by atoms with Crippen molar-refractivity contribution in [3.05, 3.63) is 72.9 Å². The Morgan fingerprint density at radius 3 is 0.913 bits per heavy atom. The van der Waals surface area contributed by atoms with Crippen LogP contribution in [0.5, 0.6) is 0 Å². The van der Waals surface area contributed by atoms with E-state index in [0.717, 1.165) is 96.3 Å². The van der Waals surface area contributed by atoms with Crippen LogP contribution in [-0.4, -0.2) is 37.2 Å². The molecule has 398 valence electrons. The molecule has 0 amide bonds. The lowest BCUT2D eigenvalue weighted by Gasteiger charge is -2.18. The molecule has 0 fully saturated rings. The third-order valence-corrected chi connectivity index (χ3v) is 12.7.